The Hall–Kier alpha value is -2.18. The summed E-state index contributed by atoms with van der Waals surface area (Å²) >= 11 is 0. The fraction of sp³-hybridized carbons (Fsp3) is 0.455. The van der Waals surface area contributed by atoms with Gasteiger partial charge in [0.25, 0.3) is 11.1 Å². The number of aromatic amines is 1. The predicted octanol–water partition coefficient (Wildman–Crippen LogP) is -0.551. The average Bonchev–Trinajstić information content (AvgIpc) is 2.32. The molecule has 7 heteroatoms. The summed E-state index contributed by atoms with van der Waals surface area (Å²) < 4.78 is 5.58. The number of hydrogen-bond donors (Lipinski definition) is 1. The van der Waals surface area contributed by atoms with E-state index < -0.39 is 17.1 Å². The smallest absolute Gasteiger partial charge is 0.306 e. The lowest BCUT2D eigenvalue weighted by atomic mass is 10.2. The lowest BCUT2D eigenvalue weighted by Gasteiger charge is -2.04. The number of nitrogens with zero attached hydrogens (tertiary/aromatic N) is 1. The summed E-state index contributed by atoms with van der Waals surface area (Å²) in [4.78, 5) is 44.8. The first-order valence-electron chi connectivity index (χ1n) is 5.50. The van der Waals surface area contributed by atoms with Gasteiger partial charge in [-0.3, -0.25) is 24.3 Å². The Bertz CT molecular complexity index is 543. The summed E-state index contributed by atoms with van der Waals surface area (Å²) in [7, 11) is 0. The number of nitrogens with one attached hydrogen (secondary N) is 1. The summed E-state index contributed by atoms with van der Waals surface area (Å²) in [5.41, 5.74) is -0.938. The van der Waals surface area contributed by atoms with E-state index in [4.69, 9.17) is 0 Å². The molecule has 1 heterocycles. The molecule has 1 aromatic rings. The van der Waals surface area contributed by atoms with Gasteiger partial charge in [-0.25, -0.2) is 4.68 Å². The first-order valence-corrected chi connectivity index (χ1v) is 5.50. The molecule has 0 atom stereocenters. The number of H-pyrrole nitrogens is 1. The summed E-state index contributed by atoms with van der Waals surface area (Å²) in [6.07, 6.45) is -0.0549. The van der Waals surface area contributed by atoms with Gasteiger partial charge in [-0.1, -0.05) is 0 Å². The normalized spacial score (nSPS) is 10.1. The quantitative estimate of drug-likeness (QED) is 0.687. The van der Waals surface area contributed by atoms with E-state index in [-0.39, 0.29) is 31.8 Å². The fourth-order valence-electron chi connectivity index (χ4n) is 1.31. The van der Waals surface area contributed by atoms with Gasteiger partial charge in [-0.15, -0.1) is 0 Å². The van der Waals surface area contributed by atoms with Gasteiger partial charge in [0.05, 0.1) is 13.0 Å². The summed E-state index contributed by atoms with van der Waals surface area (Å²) in [6.45, 7) is 1.68. The Labute approximate surface area is 102 Å². The molecule has 1 aromatic heterocycles. The maximum atomic E-state index is 11.5. The van der Waals surface area contributed by atoms with Crippen molar-refractivity contribution in [3.8, 4) is 0 Å². The van der Waals surface area contributed by atoms with Crippen LogP contribution >= 0.6 is 0 Å². The minimum Gasteiger partial charge on any atom is -0.466 e. The number of carbonyl (C=O) groups is 2. The van der Waals surface area contributed by atoms with Crippen LogP contribution in [0.25, 0.3) is 0 Å². The van der Waals surface area contributed by atoms with Crippen molar-refractivity contribution in [3.05, 3.63) is 32.8 Å². The molecule has 0 aliphatic carbocycles. The zero-order valence-corrected chi connectivity index (χ0v) is 9.97. The van der Waals surface area contributed by atoms with Gasteiger partial charge in [-0.2, -0.15) is 0 Å². The van der Waals surface area contributed by atoms with Gasteiger partial charge in [0.2, 0.25) is 0 Å². The van der Waals surface area contributed by atoms with E-state index >= 15 is 0 Å². The van der Waals surface area contributed by atoms with E-state index in [9.17, 15) is 19.2 Å². The third-order valence-electron chi connectivity index (χ3n) is 2.14. The number of esters is 1. The van der Waals surface area contributed by atoms with Gasteiger partial charge < -0.3 is 4.74 Å². The predicted molar refractivity (Wildman–Crippen MR) is 62.2 cm³/mol. The Kier molecular flexibility index (Phi) is 5.04. The average molecular weight is 254 g/mol. The molecule has 1 N–H and O–H groups in total. The molecule has 0 spiro atoms. The maximum Gasteiger partial charge on any atom is 0.306 e. The second-order valence-corrected chi connectivity index (χ2v) is 3.58. The van der Waals surface area contributed by atoms with Crippen molar-refractivity contribution in [2.75, 3.05) is 6.61 Å². The number of aromatic nitrogens is 2. The maximum absolute atomic E-state index is 11.5. The summed E-state index contributed by atoms with van der Waals surface area (Å²) in [5.74, 6) is -0.785. The van der Waals surface area contributed by atoms with Crippen LogP contribution < -0.4 is 11.1 Å². The van der Waals surface area contributed by atoms with Crippen LogP contribution in [-0.2, 0) is 20.9 Å². The minimum atomic E-state index is -0.473. The molecule has 0 amide bonds. The van der Waals surface area contributed by atoms with Crippen LogP contribution in [0.1, 0.15) is 19.8 Å². The molecule has 0 unspecified atom stereocenters. The SMILES string of the molecule is CCOC(=O)CCC(=O)Cn1[nH]c(=O)ccc1=O. The third kappa shape index (κ3) is 4.36. The van der Waals surface area contributed by atoms with Crippen LogP contribution in [-0.4, -0.2) is 28.1 Å². The molecule has 0 bridgehead atoms. The molecule has 7 nitrogen and oxygen atoms in total. The van der Waals surface area contributed by atoms with E-state index in [1.165, 1.54) is 0 Å². The monoisotopic (exact) mass is 254 g/mol. The molecular formula is C11H14N2O5. The number of ether oxygens (including phenoxy) is 1. The van der Waals surface area contributed by atoms with E-state index in [1.807, 2.05) is 0 Å². The molecule has 18 heavy (non-hydrogen) atoms. The number of carbonyl (C=O) groups excluding carboxylic acids is 2. The van der Waals surface area contributed by atoms with Crippen molar-refractivity contribution in [1.82, 2.24) is 9.78 Å². The van der Waals surface area contributed by atoms with Crippen LogP contribution in [0.5, 0.6) is 0 Å². The van der Waals surface area contributed by atoms with Crippen LogP contribution in [0, 0.1) is 0 Å². The Morgan fingerprint density at radius 3 is 2.67 bits per heavy atom. The zero-order valence-electron chi connectivity index (χ0n) is 9.97. The topological polar surface area (TPSA) is 98.2 Å². The number of Topliss-reactive ketones (excluding diaryl/α,β-unsaturated/α-hetero) is 1. The van der Waals surface area contributed by atoms with E-state index in [1.54, 1.807) is 6.92 Å². The van der Waals surface area contributed by atoms with Crippen molar-refractivity contribution in [1.29, 1.82) is 0 Å². The molecule has 0 saturated heterocycles. The largest absolute Gasteiger partial charge is 0.466 e. The van der Waals surface area contributed by atoms with Crippen molar-refractivity contribution in [2.24, 2.45) is 0 Å². The zero-order chi connectivity index (χ0) is 13.5. The number of ketones is 1. The molecule has 0 fully saturated rings. The van der Waals surface area contributed by atoms with Crippen molar-refractivity contribution in [2.45, 2.75) is 26.3 Å². The van der Waals surface area contributed by atoms with Gasteiger partial charge in [-0.05, 0) is 6.92 Å². The highest BCUT2D eigenvalue weighted by Crippen LogP contribution is 1.95. The molecule has 0 radical (unpaired) electrons. The van der Waals surface area contributed by atoms with Gasteiger partial charge in [0, 0.05) is 18.6 Å². The lowest BCUT2D eigenvalue weighted by molar-refractivity contribution is -0.144. The molecule has 0 aliphatic rings. The molecule has 98 valence electrons. The molecule has 0 aliphatic heterocycles. The highest BCUT2D eigenvalue weighted by Gasteiger charge is 2.09. The molecular weight excluding hydrogens is 240 g/mol. The van der Waals surface area contributed by atoms with E-state index in [2.05, 4.69) is 9.84 Å². The highest BCUT2D eigenvalue weighted by molar-refractivity contribution is 5.82. The van der Waals surface area contributed by atoms with Gasteiger partial charge in [0.1, 0.15) is 6.54 Å². The van der Waals surface area contributed by atoms with Crippen LogP contribution in [0.3, 0.4) is 0 Å². The first-order chi connectivity index (χ1) is 8.52. The van der Waals surface area contributed by atoms with E-state index in [0.29, 0.717) is 0 Å². The fourth-order valence-corrected chi connectivity index (χ4v) is 1.31. The second-order valence-electron chi connectivity index (χ2n) is 3.58. The second kappa shape index (κ2) is 6.53. The highest BCUT2D eigenvalue weighted by atomic mass is 16.5. The standard InChI is InChI=1S/C11H14N2O5/c1-2-18-11(17)6-3-8(14)7-13-10(16)5-4-9(15)12-13/h4-5H,2-3,6-7H2,1H3,(H,12,15). The van der Waals surface area contributed by atoms with E-state index in [0.717, 1.165) is 16.8 Å². The molecule has 0 saturated carbocycles. The Morgan fingerprint density at radius 2 is 2.00 bits per heavy atom. The first kappa shape index (κ1) is 13.9. The van der Waals surface area contributed by atoms with Crippen LogP contribution in [0.4, 0.5) is 0 Å². The van der Waals surface area contributed by atoms with Crippen molar-refractivity contribution < 1.29 is 14.3 Å². The third-order valence-corrected chi connectivity index (χ3v) is 2.14. The summed E-state index contributed by atoms with van der Waals surface area (Å²) in [5, 5.41) is 2.23. The van der Waals surface area contributed by atoms with Gasteiger partial charge in [0.15, 0.2) is 5.78 Å². The van der Waals surface area contributed by atoms with Crippen molar-refractivity contribution in [3.63, 3.8) is 0 Å². The van der Waals surface area contributed by atoms with Gasteiger partial charge >= 0.3 is 5.97 Å². The lowest BCUT2D eigenvalue weighted by Crippen LogP contribution is -2.30. The number of rotatable bonds is 6. The van der Waals surface area contributed by atoms with Crippen molar-refractivity contribution >= 4 is 11.8 Å². The summed E-state index contributed by atoms with van der Waals surface area (Å²) in [6, 6.07) is 2.17. The Balaban J connectivity index is 2.55. The van der Waals surface area contributed by atoms with Crippen LogP contribution in [0.15, 0.2) is 21.7 Å². The molecule has 0 aromatic carbocycles. The molecule has 1 rings (SSSR count). The number of hydrogen-bond acceptors (Lipinski definition) is 5. The van der Waals surface area contributed by atoms with Crippen LogP contribution in [0.2, 0.25) is 0 Å². The minimum absolute atomic E-state index is 0.0256. The Morgan fingerprint density at radius 1 is 1.28 bits per heavy atom.